The van der Waals surface area contributed by atoms with Crippen molar-refractivity contribution in [3.05, 3.63) is 158 Å². The summed E-state index contributed by atoms with van der Waals surface area (Å²) in [5.74, 6) is 1.67. The van der Waals surface area contributed by atoms with Crippen LogP contribution in [0.25, 0.3) is 87.2 Å². The Morgan fingerprint density at radius 2 is 1.11 bits per heavy atom. The molecule has 0 N–H and O–H groups in total. The second-order valence-electron chi connectivity index (χ2n) is 11.7. The third-order valence-corrected chi connectivity index (χ3v) is 9.28. The van der Waals surface area contributed by atoms with Gasteiger partial charge in [0.25, 0.3) is 0 Å². The van der Waals surface area contributed by atoms with Crippen molar-refractivity contribution in [2.75, 3.05) is 0 Å². The van der Waals surface area contributed by atoms with Crippen LogP contribution in [0.3, 0.4) is 0 Å². The lowest BCUT2D eigenvalue weighted by atomic mass is 9.86. The topological polar surface area (TPSA) is 9.23 Å². The molecule has 1 nitrogen and oxygen atoms in total. The highest BCUT2D eigenvalue weighted by molar-refractivity contribution is 6.23. The van der Waals surface area contributed by atoms with Gasteiger partial charge in [0, 0.05) is 10.9 Å². The van der Waals surface area contributed by atoms with Crippen molar-refractivity contribution in [2.45, 2.75) is 0 Å². The van der Waals surface area contributed by atoms with E-state index in [-0.39, 0.29) is 29.7 Å². The summed E-state index contributed by atoms with van der Waals surface area (Å²) in [4.78, 5) is 0. The molecule has 1 aliphatic rings. The average Bonchev–Trinajstić information content (AvgIpc) is 3.15. The third kappa shape index (κ3) is 3.56. The zero-order chi connectivity index (χ0) is 33.8. The lowest BCUT2D eigenvalue weighted by Gasteiger charge is -2.23. The van der Waals surface area contributed by atoms with E-state index in [9.17, 15) is 0 Å². The van der Waals surface area contributed by atoms with Gasteiger partial charge in [0.15, 0.2) is 0 Å². The van der Waals surface area contributed by atoms with Crippen molar-refractivity contribution in [3.8, 4) is 44.9 Å². The minimum absolute atomic E-state index is 0.209. The predicted octanol–water partition coefficient (Wildman–Crippen LogP) is 12.6. The second-order valence-corrected chi connectivity index (χ2v) is 11.7. The Morgan fingerprint density at radius 3 is 1.96 bits per heavy atom. The molecule has 0 aromatic heterocycles. The van der Waals surface area contributed by atoms with Crippen LogP contribution < -0.4 is 4.74 Å². The molecule has 0 saturated heterocycles. The number of hydrogen-bond acceptors (Lipinski definition) is 1. The molecule has 1 aliphatic heterocycles. The smallest absolute Gasteiger partial charge is 0.136 e. The summed E-state index contributed by atoms with van der Waals surface area (Å²) in [6, 6.07) is 42.2. The molecule has 9 aromatic carbocycles. The number of hydrogen-bond donors (Lipinski definition) is 0. The Hall–Kier alpha value is -5.92. The molecular weight excluding hydrogens is 544 g/mol. The van der Waals surface area contributed by atoms with Crippen LogP contribution in [0.5, 0.6) is 11.5 Å². The van der Waals surface area contributed by atoms with E-state index in [0.29, 0.717) is 5.56 Å². The molecular formula is C44H26O. The molecule has 0 saturated carbocycles. The maximum Gasteiger partial charge on any atom is 0.136 e. The first kappa shape index (κ1) is 20.1. The molecule has 10 rings (SSSR count). The summed E-state index contributed by atoms with van der Waals surface area (Å²) in [6.45, 7) is 0. The first-order chi connectivity index (χ1) is 24.4. The molecule has 0 fully saturated rings. The number of benzene rings is 9. The fraction of sp³-hybridized carbons (Fsp3) is 0. The molecule has 45 heavy (non-hydrogen) atoms. The Kier molecular flexibility index (Phi) is 4.15. The zero-order valence-corrected chi connectivity index (χ0v) is 24.0. The van der Waals surface area contributed by atoms with Gasteiger partial charge >= 0.3 is 0 Å². The number of ether oxygens (including phenoxy) is 1. The molecule has 1 heterocycles. The summed E-state index contributed by atoms with van der Waals surface area (Å²) in [7, 11) is 0. The highest BCUT2D eigenvalue weighted by Crippen LogP contribution is 2.50. The minimum atomic E-state index is -0.400. The molecule has 0 spiro atoms. The number of rotatable bonds is 2. The predicted molar refractivity (Wildman–Crippen MR) is 190 cm³/mol. The van der Waals surface area contributed by atoms with E-state index in [1.807, 2.05) is 36.4 Å². The zero-order valence-electron chi connectivity index (χ0n) is 29.0. The van der Waals surface area contributed by atoms with Crippen molar-refractivity contribution in [1.29, 1.82) is 0 Å². The van der Waals surface area contributed by atoms with Crippen molar-refractivity contribution in [3.63, 3.8) is 0 Å². The van der Waals surface area contributed by atoms with Crippen LogP contribution in [0.2, 0.25) is 0 Å². The van der Waals surface area contributed by atoms with Gasteiger partial charge in [0.1, 0.15) is 11.5 Å². The molecule has 9 aromatic rings. The minimum Gasteiger partial charge on any atom is -0.456 e. The fourth-order valence-electron chi connectivity index (χ4n) is 7.36. The first-order valence-corrected chi connectivity index (χ1v) is 15.1. The quantitative estimate of drug-likeness (QED) is 0.147. The van der Waals surface area contributed by atoms with Gasteiger partial charge in [-0.15, -0.1) is 0 Å². The first-order valence-electron chi connectivity index (χ1n) is 17.6. The monoisotopic (exact) mass is 575 g/mol. The average molecular weight is 576 g/mol. The van der Waals surface area contributed by atoms with Crippen LogP contribution in [0.1, 0.15) is 6.85 Å². The van der Waals surface area contributed by atoms with Crippen molar-refractivity contribution in [1.82, 2.24) is 0 Å². The summed E-state index contributed by atoms with van der Waals surface area (Å²) >= 11 is 0. The summed E-state index contributed by atoms with van der Waals surface area (Å²) in [6.07, 6.45) is 0. The molecule has 0 bridgehead atoms. The van der Waals surface area contributed by atoms with Gasteiger partial charge < -0.3 is 4.74 Å². The van der Waals surface area contributed by atoms with Crippen molar-refractivity contribution in [2.24, 2.45) is 0 Å². The SMILES string of the molecule is [2H]c1c([2H])c([2H])c(-c2c3ccccc3cc3ccc4c(-c5ccc6c(c5)-c5cccc7c5c(cc5ccccc57)O6)cccc4c23)c([2H])c1[2H]. The fourth-order valence-corrected chi connectivity index (χ4v) is 7.36. The molecule has 0 radical (unpaired) electrons. The van der Waals surface area contributed by atoms with E-state index < -0.39 is 6.04 Å². The summed E-state index contributed by atoms with van der Waals surface area (Å²) in [5.41, 5.74) is 5.08. The van der Waals surface area contributed by atoms with E-state index in [0.717, 1.165) is 82.2 Å². The highest BCUT2D eigenvalue weighted by Gasteiger charge is 2.22. The Morgan fingerprint density at radius 1 is 0.400 bits per heavy atom. The normalized spacial score (nSPS) is 13.7. The highest BCUT2D eigenvalue weighted by atomic mass is 16.5. The van der Waals surface area contributed by atoms with Crippen LogP contribution in [0, 0.1) is 0 Å². The van der Waals surface area contributed by atoms with E-state index in [4.69, 9.17) is 11.6 Å². The van der Waals surface area contributed by atoms with Crippen LogP contribution in [-0.4, -0.2) is 0 Å². The van der Waals surface area contributed by atoms with Gasteiger partial charge in [0.05, 0.1) is 6.85 Å². The van der Waals surface area contributed by atoms with E-state index in [2.05, 4.69) is 91.0 Å². The standard InChI is InChI=1S/C44H26O/c1-2-10-27(11-3-1)42-34-15-7-5-12-28(34)24-31-20-22-35-32(16-8-18-37(35)43(31)42)30-21-23-40-39(25-30)38-19-9-17-36-33-14-6-4-13-29(33)26-41(45-40)44(36)38/h1-26H/i1D,2D,3D,10D,11D. The van der Waals surface area contributed by atoms with E-state index >= 15 is 0 Å². The Bertz CT molecular complexity index is 2940. The Labute approximate surface area is 267 Å². The lowest BCUT2D eigenvalue weighted by Crippen LogP contribution is -1.98. The van der Waals surface area contributed by atoms with E-state index in [1.165, 1.54) is 5.39 Å². The van der Waals surface area contributed by atoms with Crippen LogP contribution in [0.15, 0.2) is 158 Å². The largest absolute Gasteiger partial charge is 0.456 e. The summed E-state index contributed by atoms with van der Waals surface area (Å²) in [5, 5.41) is 10.1. The molecule has 0 aliphatic carbocycles. The molecule has 0 unspecified atom stereocenters. The van der Waals surface area contributed by atoms with Gasteiger partial charge in [-0.2, -0.15) is 0 Å². The van der Waals surface area contributed by atoms with Gasteiger partial charge in [-0.05, 0) is 101 Å². The van der Waals surface area contributed by atoms with Gasteiger partial charge in [-0.1, -0.05) is 133 Å². The molecule has 0 amide bonds. The maximum atomic E-state index is 8.96. The third-order valence-electron chi connectivity index (χ3n) is 9.28. The van der Waals surface area contributed by atoms with Crippen molar-refractivity contribution >= 4 is 53.9 Å². The van der Waals surface area contributed by atoms with Crippen LogP contribution in [0.4, 0.5) is 0 Å². The lowest BCUT2D eigenvalue weighted by molar-refractivity contribution is 0.488. The van der Waals surface area contributed by atoms with Gasteiger partial charge in [-0.25, -0.2) is 0 Å². The maximum absolute atomic E-state index is 8.96. The van der Waals surface area contributed by atoms with Crippen LogP contribution in [-0.2, 0) is 0 Å². The number of fused-ring (bicyclic) bond motifs is 8. The Balaban J connectivity index is 1.25. The molecule has 208 valence electrons. The van der Waals surface area contributed by atoms with Gasteiger partial charge in [-0.3, -0.25) is 0 Å². The van der Waals surface area contributed by atoms with Crippen LogP contribution >= 0.6 is 0 Å². The second kappa shape index (κ2) is 9.29. The molecule has 0 atom stereocenters. The van der Waals surface area contributed by atoms with E-state index in [1.54, 1.807) is 0 Å². The summed E-state index contributed by atoms with van der Waals surface area (Å²) < 4.78 is 49.7. The van der Waals surface area contributed by atoms with Crippen molar-refractivity contribution < 1.29 is 11.6 Å². The van der Waals surface area contributed by atoms with Gasteiger partial charge in [0.2, 0.25) is 0 Å². The molecule has 1 heteroatoms.